The third-order valence-electron chi connectivity index (χ3n) is 7.87. The first kappa shape index (κ1) is 28.6. The first-order chi connectivity index (χ1) is 19.6. The Morgan fingerprint density at radius 3 is 2.63 bits per heavy atom. The lowest BCUT2D eigenvalue weighted by Gasteiger charge is -2.34. The Kier molecular flexibility index (Phi) is 8.06. The number of nitrogens with zero attached hydrogens (tertiary/aromatic N) is 3. The average molecular weight is 567 g/mol. The van der Waals surface area contributed by atoms with Crippen molar-refractivity contribution in [3.05, 3.63) is 30.0 Å². The molecule has 2 bridgehead atoms. The standard InChI is InChI=1S/C30H38N4O7/c1-30(2,3)25-27(35)34-16-19(15-23(34)28(36)39-5)40-26-21(31-20-12-11-18(38-4)14-22(20)32-26)10-8-6-7-9-17-13-24(17)41-29(37)33-25/h8,10-12,14,17,19,23-25H,6-7,9,13,15-16H2,1-5H3,(H,33,37)/t17-,19?,23+,24?,25-/m1/s1. The van der Waals surface area contributed by atoms with E-state index >= 15 is 0 Å². The number of rotatable bonds is 2. The highest BCUT2D eigenvalue weighted by Crippen LogP contribution is 2.38. The normalized spacial score (nSPS) is 27.0. The molecule has 2 unspecified atom stereocenters. The number of hydrogen-bond donors (Lipinski definition) is 1. The number of ether oxygens (including phenoxy) is 4. The number of fused-ring (bicyclic) bond motifs is 5. The largest absolute Gasteiger partial charge is 0.497 e. The Labute approximate surface area is 239 Å². The van der Waals surface area contributed by atoms with Crippen LogP contribution in [0.5, 0.6) is 11.6 Å². The van der Waals surface area contributed by atoms with Gasteiger partial charge in [0.05, 0.1) is 31.8 Å². The summed E-state index contributed by atoms with van der Waals surface area (Å²) in [6.45, 7) is 5.68. The highest BCUT2D eigenvalue weighted by molar-refractivity contribution is 5.91. The van der Waals surface area contributed by atoms with Gasteiger partial charge in [-0.1, -0.05) is 26.8 Å². The topological polar surface area (TPSA) is 129 Å². The predicted octanol–water partition coefficient (Wildman–Crippen LogP) is 3.89. The van der Waals surface area contributed by atoms with Crippen molar-refractivity contribution in [1.29, 1.82) is 0 Å². The molecule has 220 valence electrons. The zero-order valence-corrected chi connectivity index (χ0v) is 24.2. The lowest BCUT2D eigenvalue weighted by Crippen LogP contribution is -2.57. The summed E-state index contributed by atoms with van der Waals surface area (Å²) in [5.74, 6) is 0.291. The summed E-state index contributed by atoms with van der Waals surface area (Å²) in [7, 11) is 2.87. The van der Waals surface area contributed by atoms with Crippen LogP contribution in [0.15, 0.2) is 24.3 Å². The van der Waals surface area contributed by atoms with Gasteiger partial charge < -0.3 is 29.2 Å². The number of amides is 2. The third-order valence-corrected chi connectivity index (χ3v) is 7.87. The number of aromatic nitrogens is 2. The summed E-state index contributed by atoms with van der Waals surface area (Å²) in [6, 6.07) is 3.65. The maximum Gasteiger partial charge on any atom is 0.408 e. The first-order valence-electron chi connectivity index (χ1n) is 14.1. The van der Waals surface area contributed by atoms with Gasteiger partial charge in [0.2, 0.25) is 11.8 Å². The minimum atomic E-state index is -0.927. The van der Waals surface area contributed by atoms with Gasteiger partial charge in [0.25, 0.3) is 0 Å². The fourth-order valence-electron chi connectivity index (χ4n) is 5.46. The summed E-state index contributed by atoms with van der Waals surface area (Å²) in [6.07, 6.45) is 6.27. The van der Waals surface area contributed by atoms with E-state index in [0.717, 1.165) is 25.7 Å². The zero-order chi connectivity index (χ0) is 29.3. The van der Waals surface area contributed by atoms with Crippen LogP contribution in [0.25, 0.3) is 17.1 Å². The van der Waals surface area contributed by atoms with Gasteiger partial charge in [-0.2, -0.15) is 0 Å². The molecule has 1 aromatic carbocycles. The molecular weight excluding hydrogens is 528 g/mol. The van der Waals surface area contributed by atoms with E-state index in [1.807, 2.05) is 45.1 Å². The van der Waals surface area contributed by atoms with Gasteiger partial charge in [0, 0.05) is 12.5 Å². The van der Waals surface area contributed by atoms with Crippen LogP contribution in [-0.4, -0.2) is 77.9 Å². The van der Waals surface area contributed by atoms with E-state index in [-0.39, 0.29) is 19.1 Å². The van der Waals surface area contributed by atoms with Crippen molar-refractivity contribution in [3.63, 3.8) is 0 Å². The molecular formula is C30H38N4O7. The number of allylic oxidation sites excluding steroid dienone is 1. The summed E-state index contributed by atoms with van der Waals surface area (Å²) in [5, 5.41) is 2.78. The van der Waals surface area contributed by atoms with Crippen molar-refractivity contribution in [1.82, 2.24) is 20.2 Å². The van der Waals surface area contributed by atoms with Crippen LogP contribution in [0, 0.1) is 11.3 Å². The predicted molar refractivity (Wildman–Crippen MR) is 150 cm³/mol. The highest BCUT2D eigenvalue weighted by Gasteiger charge is 2.47. The van der Waals surface area contributed by atoms with Crippen LogP contribution in [0.4, 0.5) is 4.79 Å². The number of nitrogens with one attached hydrogen (secondary N) is 1. The third kappa shape index (κ3) is 6.39. The monoisotopic (exact) mass is 566 g/mol. The number of esters is 1. The maximum atomic E-state index is 13.9. The highest BCUT2D eigenvalue weighted by atomic mass is 16.6. The molecule has 1 aliphatic carbocycles. The van der Waals surface area contributed by atoms with Crippen LogP contribution in [0.3, 0.4) is 0 Å². The van der Waals surface area contributed by atoms with Crippen molar-refractivity contribution in [3.8, 4) is 11.6 Å². The van der Waals surface area contributed by atoms with Gasteiger partial charge in [-0.15, -0.1) is 0 Å². The van der Waals surface area contributed by atoms with Crippen molar-refractivity contribution in [2.45, 2.75) is 77.2 Å². The molecule has 2 amide bonds. The van der Waals surface area contributed by atoms with Gasteiger partial charge in [0.15, 0.2) is 0 Å². The van der Waals surface area contributed by atoms with Crippen LogP contribution >= 0.6 is 0 Å². The van der Waals surface area contributed by atoms with Gasteiger partial charge in [-0.3, -0.25) is 4.79 Å². The Morgan fingerprint density at radius 2 is 1.90 bits per heavy atom. The lowest BCUT2D eigenvalue weighted by atomic mass is 9.85. The molecule has 2 aliphatic heterocycles. The Morgan fingerprint density at radius 1 is 1.10 bits per heavy atom. The molecule has 0 radical (unpaired) electrons. The average Bonchev–Trinajstić information content (AvgIpc) is 3.53. The van der Waals surface area contributed by atoms with Crippen molar-refractivity contribution < 1.29 is 33.3 Å². The van der Waals surface area contributed by atoms with Gasteiger partial charge >= 0.3 is 12.1 Å². The van der Waals surface area contributed by atoms with E-state index in [9.17, 15) is 14.4 Å². The van der Waals surface area contributed by atoms with Crippen molar-refractivity contribution in [2.24, 2.45) is 11.3 Å². The molecule has 11 heteroatoms. The van der Waals surface area contributed by atoms with Gasteiger partial charge in [-0.25, -0.2) is 19.6 Å². The summed E-state index contributed by atoms with van der Waals surface area (Å²) in [5.41, 5.74) is 1.21. The summed E-state index contributed by atoms with van der Waals surface area (Å²) < 4.78 is 22.4. The molecule has 2 fully saturated rings. The molecule has 3 aliphatic rings. The van der Waals surface area contributed by atoms with Crippen LogP contribution in [0.2, 0.25) is 0 Å². The fraction of sp³-hybridized carbons (Fsp3) is 0.567. The summed E-state index contributed by atoms with van der Waals surface area (Å²) >= 11 is 0. The van der Waals surface area contributed by atoms with E-state index in [1.165, 1.54) is 12.0 Å². The fourth-order valence-corrected chi connectivity index (χ4v) is 5.46. The van der Waals surface area contributed by atoms with Crippen molar-refractivity contribution >= 4 is 35.1 Å². The Balaban J connectivity index is 1.51. The van der Waals surface area contributed by atoms with Crippen molar-refractivity contribution in [2.75, 3.05) is 20.8 Å². The molecule has 1 saturated carbocycles. The van der Waals surface area contributed by atoms with Crippen LogP contribution in [0.1, 0.15) is 58.6 Å². The second kappa shape index (κ2) is 11.5. The molecule has 1 N–H and O–H groups in total. The number of methoxy groups -OCH3 is 2. The van der Waals surface area contributed by atoms with Gasteiger partial charge in [0.1, 0.15) is 35.7 Å². The zero-order valence-electron chi connectivity index (χ0n) is 24.2. The molecule has 5 atom stereocenters. The molecule has 5 rings (SSSR count). The van der Waals surface area contributed by atoms with Gasteiger partial charge in [-0.05, 0) is 55.2 Å². The first-order valence-corrected chi connectivity index (χ1v) is 14.1. The van der Waals surface area contributed by atoms with Crippen LogP contribution in [-0.2, 0) is 19.1 Å². The summed E-state index contributed by atoms with van der Waals surface area (Å²) in [4.78, 5) is 50.6. The molecule has 2 aromatic rings. The van der Waals surface area contributed by atoms with E-state index in [1.54, 1.807) is 13.2 Å². The second-order valence-electron chi connectivity index (χ2n) is 12.0. The van der Waals surface area contributed by atoms with E-state index in [4.69, 9.17) is 28.9 Å². The number of carbonyl (C=O) groups is 3. The quantitative estimate of drug-likeness (QED) is 0.538. The molecule has 1 saturated heterocycles. The molecule has 0 spiro atoms. The lowest BCUT2D eigenvalue weighted by molar-refractivity contribution is -0.152. The minimum absolute atomic E-state index is 0.105. The Bertz CT molecular complexity index is 1350. The molecule has 1 aromatic heterocycles. The van der Waals surface area contributed by atoms with E-state index in [0.29, 0.717) is 34.3 Å². The number of carbonyl (C=O) groups excluding carboxylic acids is 3. The number of hydrogen-bond acceptors (Lipinski definition) is 9. The van der Waals surface area contributed by atoms with E-state index in [2.05, 4.69) is 5.32 Å². The Hall–Kier alpha value is -3.89. The van der Waals surface area contributed by atoms with E-state index < -0.39 is 41.6 Å². The second-order valence-corrected chi connectivity index (χ2v) is 12.0. The minimum Gasteiger partial charge on any atom is -0.497 e. The SMILES string of the molecule is COC(=O)[C@@H]1CC2CN1C(=O)[C@H](C(C)(C)C)NC(=O)OC1C[C@H]1CCCC=Cc1nc3ccc(OC)cc3nc1O2. The number of benzene rings is 1. The van der Waals surface area contributed by atoms with Crippen LogP contribution < -0.4 is 14.8 Å². The molecule has 11 nitrogen and oxygen atoms in total. The number of alkyl carbamates (subject to hydrolysis) is 1. The molecule has 3 heterocycles. The maximum absolute atomic E-state index is 13.9. The molecule has 41 heavy (non-hydrogen) atoms. The smallest absolute Gasteiger partial charge is 0.408 e.